The number of aryl methyl sites for hydroxylation is 1. The van der Waals surface area contributed by atoms with Crippen LogP contribution in [0.1, 0.15) is 24.4 Å². The van der Waals surface area contributed by atoms with Gasteiger partial charge in [-0.25, -0.2) is 9.78 Å². The molecule has 0 saturated carbocycles. The Balaban J connectivity index is 1.93. The monoisotopic (exact) mass is 380 g/mol. The third-order valence-electron chi connectivity index (χ3n) is 4.80. The average Bonchev–Trinajstić information content (AvgIpc) is 3.03. The maximum atomic E-state index is 12.8. The van der Waals surface area contributed by atoms with Gasteiger partial charge in [-0.15, -0.1) is 0 Å². The van der Waals surface area contributed by atoms with Crippen molar-refractivity contribution < 1.29 is 14.7 Å². The maximum absolute atomic E-state index is 12.8. The Morgan fingerprint density at radius 1 is 1.14 bits per heavy atom. The van der Waals surface area contributed by atoms with Crippen LogP contribution in [0.15, 0.2) is 54.6 Å². The fourth-order valence-corrected chi connectivity index (χ4v) is 3.17. The number of urea groups is 1. The van der Waals surface area contributed by atoms with E-state index in [2.05, 4.69) is 5.32 Å². The molecule has 3 aromatic rings. The lowest BCUT2D eigenvalue weighted by atomic mass is 10.1. The Kier molecular flexibility index (Phi) is 5.63. The van der Waals surface area contributed by atoms with Crippen molar-refractivity contribution in [2.45, 2.75) is 13.0 Å². The number of nitrogens with one attached hydrogen (secondary N) is 1. The zero-order valence-corrected chi connectivity index (χ0v) is 16.2. The van der Waals surface area contributed by atoms with Crippen LogP contribution in [0.4, 0.5) is 4.79 Å². The van der Waals surface area contributed by atoms with Crippen LogP contribution >= 0.6 is 0 Å². The molecule has 1 aromatic heterocycles. The summed E-state index contributed by atoms with van der Waals surface area (Å²) in [6.45, 7) is 1.69. The summed E-state index contributed by atoms with van der Waals surface area (Å²) in [4.78, 5) is 30.0. The lowest BCUT2D eigenvalue weighted by Crippen LogP contribution is -2.43. The normalized spacial score (nSPS) is 13.1. The fourth-order valence-electron chi connectivity index (χ4n) is 3.17. The number of hydrogen-bond acceptors (Lipinski definition) is 3. The van der Waals surface area contributed by atoms with Gasteiger partial charge in [0.1, 0.15) is 11.9 Å². The molecule has 0 aliphatic rings. The van der Waals surface area contributed by atoms with Crippen LogP contribution in [0.2, 0.25) is 0 Å². The molecule has 2 unspecified atom stereocenters. The number of aromatic nitrogens is 2. The highest BCUT2D eigenvalue weighted by Gasteiger charge is 2.25. The number of carboxylic acid groups (broad SMARTS) is 1. The minimum atomic E-state index is -0.936. The molecular formula is C21H24N4O3. The Morgan fingerprint density at radius 3 is 2.43 bits per heavy atom. The number of carbonyl (C=O) groups excluding carboxylic acids is 1. The summed E-state index contributed by atoms with van der Waals surface area (Å²) in [5.74, 6) is -0.878. The van der Waals surface area contributed by atoms with Gasteiger partial charge in [-0.3, -0.25) is 4.79 Å². The van der Waals surface area contributed by atoms with Gasteiger partial charge in [0.05, 0.1) is 17.0 Å². The number of benzene rings is 2. The molecule has 28 heavy (non-hydrogen) atoms. The summed E-state index contributed by atoms with van der Waals surface area (Å²) in [5, 5.41) is 12.1. The second kappa shape index (κ2) is 8.12. The number of para-hydroxylation sites is 2. The van der Waals surface area contributed by atoms with E-state index in [4.69, 9.17) is 10.1 Å². The molecule has 146 valence electrons. The number of amides is 2. The van der Waals surface area contributed by atoms with Gasteiger partial charge in [-0.2, -0.15) is 0 Å². The summed E-state index contributed by atoms with van der Waals surface area (Å²) in [6.07, 6.45) is 0. The quantitative estimate of drug-likeness (QED) is 0.688. The highest BCUT2D eigenvalue weighted by Crippen LogP contribution is 2.25. The lowest BCUT2D eigenvalue weighted by molar-refractivity contribution is -0.141. The number of carboxylic acids is 1. The van der Waals surface area contributed by atoms with Crippen LogP contribution in [-0.2, 0) is 11.8 Å². The minimum absolute atomic E-state index is 0.116. The summed E-state index contributed by atoms with van der Waals surface area (Å²) < 4.78 is 1.97. The van der Waals surface area contributed by atoms with E-state index in [1.54, 1.807) is 14.0 Å². The number of carbonyl (C=O) groups is 2. The van der Waals surface area contributed by atoms with Crippen molar-refractivity contribution in [2.24, 2.45) is 13.0 Å². The molecule has 0 radical (unpaired) electrons. The predicted molar refractivity (Wildman–Crippen MR) is 107 cm³/mol. The first kappa shape index (κ1) is 19.4. The topological polar surface area (TPSA) is 87.5 Å². The van der Waals surface area contributed by atoms with Crippen molar-refractivity contribution in [3.05, 3.63) is 66.0 Å². The zero-order chi connectivity index (χ0) is 20.3. The Bertz CT molecular complexity index is 984. The smallest absolute Gasteiger partial charge is 0.318 e. The summed E-state index contributed by atoms with van der Waals surface area (Å²) in [6, 6.07) is 16.6. The number of imidazole rings is 1. The maximum Gasteiger partial charge on any atom is 0.318 e. The number of fused-ring (bicyclic) bond motifs is 1. The van der Waals surface area contributed by atoms with E-state index in [1.165, 1.54) is 4.90 Å². The van der Waals surface area contributed by atoms with Crippen molar-refractivity contribution in [1.82, 2.24) is 19.8 Å². The fraction of sp³-hybridized carbons (Fsp3) is 0.286. The molecule has 2 aromatic carbocycles. The van der Waals surface area contributed by atoms with E-state index in [9.17, 15) is 9.59 Å². The first-order chi connectivity index (χ1) is 13.4. The number of aliphatic carboxylic acids is 1. The van der Waals surface area contributed by atoms with E-state index < -0.39 is 17.9 Å². The first-order valence-corrected chi connectivity index (χ1v) is 9.09. The molecule has 0 aliphatic heterocycles. The first-order valence-electron chi connectivity index (χ1n) is 9.09. The van der Waals surface area contributed by atoms with E-state index in [1.807, 2.05) is 66.2 Å². The van der Waals surface area contributed by atoms with E-state index in [0.29, 0.717) is 5.82 Å². The van der Waals surface area contributed by atoms with Gasteiger partial charge in [0.25, 0.3) is 0 Å². The predicted octanol–water partition coefficient (Wildman–Crippen LogP) is 3.02. The van der Waals surface area contributed by atoms with Gasteiger partial charge in [0.2, 0.25) is 0 Å². The number of hydrogen-bond donors (Lipinski definition) is 2. The molecule has 0 saturated heterocycles. The molecule has 2 amide bonds. The third kappa shape index (κ3) is 3.98. The number of rotatable bonds is 6. The molecule has 0 aliphatic carbocycles. The van der Waals surface area contributed by atoms with Crippen molar-refractivity contribution >= 4 is 23.0 Å². The molecule has 3 rings (SSSR count). The van der Waals surface area contributed by atoms with Crippen molar-refractivity contribution in [1.29, 1.82) is 0 Å². The molecule has 7 nitrogen and oxygen atoms in total. The van der Waals surface area contributed by atoms with Crippen molar-refractivity contribution in [3.8, 4) is 0 Å². The van der Waals surface area contributed by atoms with E-state index in [-0.39, 0.29) is 12.6 Å². The van der Waals surface area contributed by atoms with Crippen LogP contribution in [0, 0.1) is 5.92 Å². The van der Waals surface area contributed by atoms with E-state index >= 15 is 0 Å². The van der Waals surface area contributed by atoms with Gasteiger partial charge in [0.15, 0.2) is 0 Å². The average molecular weight is 380 g/mol. The Morgan fingerprint density at radius 2 is 1.79 bits per heavy atom. The van der Waals surface area contributed by atoms with Gasteiger partial charge in [0, 0.05) is 20.6 Å². The van der Waals surface area contributed by atoms with Crippen molar-refractivity contribution in [2.75, 3.05) is 13.6 Å². The van der Waals surface area contributed by atoms with Crippen LogP contribution in [-0.4, -0.2) is 45.2 Å². The van der Waals surface area contributed by atoms with Crippen molar-refractivity contribution in [3.63, 3.8) is 0 Å². The van der Waals surface area contributed by atoms with Crippen LogP contribution in [0.25, 0.3) is 11.0 Å². The zero-order valence-electron chi connectivity index (χ0n) is 16.2. The standard InChI is InChI=1S/C21H24N4O3/c1-14(20(26)27)13-24(2)21(28)23-18(15-9-5-4-6-10-15)19-22-16-11-7-8-12-17(16)25(19)3/h4-12,14,18H,13H2,1-3H3,(H,23,28)(H,26,27). The highest BCUT2D eigenvalue weighted by atomic mass is 16.4. The molecule has 7 heteroatoms. The molecule has 2 N–H and O–H groups in total. The molecule has 0 fully saturated rings. The second-order valence-corrected chi connectivity index (χ2v) is 6.93. The number of nitrogens with zero attached hydrogens (tertiary/aromatic N) is 3. The molecule has 2 atom stereocenters. The lowest BCUT2D eigenvalue weighted by Gasteiger charge is -2.25. The van der Waals surface area contributed by atoms with Gasteiger partial charge < -0.3 is 19.9 Å². The summed E-state index contributed by atoms with van der Waals surface area (Å²) in [7, 11) is 3.51. The van der Waals surface area contributed by atoms with E-state index in [0.717, 1.165) is 16.6 Å². The third-order valence-corrected chi connectivity index (χ3v) is 4.80. The summed E-state index contributed by atoms with van der Waals surface area (Å²) in [5.41, 5.74) is 2.72. The van der Waals surface area contributed by atoms with Gasteiger partial charge in [-0.1, -0.05) is 49.4 Å². The Labute approximate surface area is 163 Å². The largest absolute Gasteiger partial charge is 0.481 e. The Hall–Kier alpha value is -3.35. The van der Waals surface area contributed by atoms with Gasteiger partial charge >= 0.3 is 12.0 Å². The summed E-state index contributed by atoms with van der Waals surface area (Å²) >= 11 is 0. The molecule has 0 bridgehead atoms. The molecular weight excluding hydrogens is 356 g/mol. The van der Waals surface area contributed by atoms with Crippen LogP contribution in [0.3, 0.4) is 0 Å². The minimum Gasteiger partial charge on any atom is -0.481 e. The van der Waals surface area contributed by atoms with Crippen LogP contribution < -0.4 is 5.32 Å². The highest BCUT2D eigenvalue weighted by molar-refractivity contribution is 5.78. The van der Waals surface area contributed by atoms with Crippen LogP contribution in [0.5, 0.6) is 0 Å². The second-order valence-electron chi connectivity index (χ2n) is 6.93. The molecule has 1 heterocycles. The van der Waals surface area contributed by atoms with Gasteiger partial charge in [-0.05, 0) is 17.7 Å². The molecule has 0 spiro atoms. The SMILES string of the molecule is CC(CN(C)C(=O)NC(c1ccccc1)c1nc2ccccc2n1C)C(=O)O.